The van der Waals surface area contributed by atoms with Crippen molar-refractivity contribution in [2.24, 2.45) is 0 Å². The number of likely N-dealkylation sites (tertiary alicyclic amines) is 1. The van der Waals surface area contributed by atoms with Crippen molar-refractivity contribution in [2.45, 2.75) is 50.7 Å². The molecule has 0 radical (unpaired) electrons. The molecule has 1 aromatic carbocycles. The highest BCUT2D eigenvalue weighted by Gasteiger charge is 2.27. The molecule has 1 saturated heterocycles. The number of carbonyl (C=O) groups is 1. The summed E-state index contributed by atoms with van der Waals surface area (Å²) < 4.78 is 2.00. The number of hydrogen-bond acceptors (Lipinski definition) is 4. The van der Waals surface area contributed by atoms with Gasteiger partial charge in [0.25, 0.3) is 0 Å². The first-order valence-corrected chi connectivity index (χ1v) is 10.9. The number of amides is 1. The molecule has 6 nitrogen and oxygen atoms in total. The number of rotatable bonds is 5. The Morgan fingerprint density at radius 1 is 1.29 bits per heavy atom. The quantitative estimate of drug-likeness (QED) is 0.657. The largest absolute Gasteiger partial charge is 0.358 e. The molecule has 1 aliphatic rings. The van der Waals surface area contributed by atoms with Gasteiger partial charge in [-0.1, -0.05) is 30.0 Å². The Kier molecular flexibility index (Phi) is 5.44. The summed E-state index contributed by atoms with van der Waals surface area (Å²) in [5.74, 6) is 1.12. The predicted molar refractivity (Wildman–Crippen MR) is 113 cm³/mol. The monoisotopic (exact) mass is 397 g/mol. The first-order chi connectivity index (χ1) is 13.5. The van der Waals surface area contributed by atoms with E-state index in [1.54, 1.807) is 6.33 Å². The van der Waals surface area contributed by atoms with E-state index in [0.717, 1.165) is 31.1 Å². The number of fused-ring (bicyclic) bond motifs is 1. The number of aromatic nitrogens is 4. The topological polar surface area (TPSA) is 66.8 Å². The third-order valence-electron chi connectivity index (χ3n) is 5.62. The maximum absolute atomic E-state index is 12.7. The average Bonchev–Trinajstić information content (AvgIpc) is 3.29. The minimum Gasteiger partial charge on any atom is -0.358 e. The lowest BCUT2D eigenvalue weighted by atomic mass is 9.87. The van der Waals surface area contributed by atoms with Crippen LogP contribution in [0, 0.1) is 6.92 Å². The number of aryl methyl sites for hydroxylation is 1. The number of nitrogens with zero attached hydrogens (tertiary/aromatic N) is 4. The summed E-state index contributed by atoms with van der Waals surface area (Å²) in [5, 5.41) is 10.3. The molecule has 1 amide bonds. The van der Waals surface area contributed by atoms with Crippen LogP contribution in [0.1, 0.15) is 49.9 Å². The van der Waals surface area contributed by atoms with Gasteiger partial charge in [-0.25, -0.2) is 0 Å². The highest BCUT2D eigenvalue weighted by atomic mass is 32.2. The maximum atomic E-state index is 12.7. The van der Waals surface area contributed by atoms with Gasteiger partial charge in [0.2, 0.25) is 5.91 Å². The van der Waals surface area contributed by atoms with Crippen molar-refractivity contribution in [3.63, 3.8) is 0 Å². The number of nitrogens with one attached hydrogen (secondary N) is 1. The van der Waals surface area contributed by atoms with Gasteiger partial charge in [-0.2, -0.15) is 0 Å². The summed E-state index contributed by atoms with van der Waals surface area (Å²) in [4.78, 5) is 18.2. The molecule has 0 unspecified atom stereocenters. The highest BCUT2D eigenvalue weighted by molar-refractivity contribution is 7.99. The molecule has 1 fully saturated rings. The predicted octanol–water partition coefficient (Wildman–Crippen LogP) is 4.15. The third kappa shape index (κ3) is 3.68. The van der Waals surface area contributed by atoms with E-state index in [1.807, 2.05) is 9.47 Å². The SMILES string of the molecule is Cc1[nH]c2ccccc2c1C1CCN(C(=O)CSc2nncn2C(C)C)CC1. The molecule has 7 heteroatoms. The van der Waals surface area contributed by atoms with Crippen LogP contribution in [0.4, 0.5) is 0 Å². The van der Waals surface area contributed by atoms with Crippen LogP contribution in [0.5, 0.6) is 0 Å². The second-order valence-corrected chi connectivity index (χ2v) is 8.71. The summed E-state index contributed by atoms with van der Waals surface area (Å²) in [5.41, 5.74) is 3.90. The molecule has 3 aromatic rings. The van der Waals surface area contributed by atoms with E-state index in [4.69, 9.17) is 0 Å². The molecule has 0 saturated carbocycles. The van der Waals surface area contributed by atoms with E-state index in [0.29, 0.717) is 17.7 Å². The van der Waals surface area contributed by atoms with E-state index in [1.165, 1.54) is 33.9 Å². The van der Waals surface area contributed by atoms with Gasteiger partial charge in [-0.05, 0) is 51.2 Å². The smallest absolute Gasteiger partial charge is 0.233 e. The van der Waals surface area contributed by atoms with Gasteiger partial charge in [0.05, 0.1) is 5.75 Å². The zero-order valence-electron chi connectivity index (χ0n) is 16.7. The van der Waals surface area contributed by atoms with Gasteiger partial charge in [0.1, 0.15) is 6.33 Å². The molecule has 0 spiro atoms. The Balaban J connectivity index is 1.36. The molecular formula is C21H27N5OS. The standard InChI is InChI=1S/C21H27N5OS/c1-14(2)26-13-22-24-21(26)28-12-19(27)25-10-8-16(9-11-25)20-15(3)23-18-7-5-4-6-17(18)20/h4-7,13-14,16,23H,8-12H2,1-3H3. The highest BCUT2D eigenvalue weighted by Crippen LogP contribution is 2.35. The number of hydrogen-bond donors (Lipinski definition) is 1. The molecule has 28 heavy (non-hydrogen) atoms. The Bertz CT molecular complexity index is 968. The number of carbonyl (C=O) groups excluding carboxylic acids is 1. The fourth-order valence-corrected chi connectivity index (χ4v) is 5.10. The lowest BCUT2D eigenvalue weighted by Crippen LogP contribution is -2.39. The molecule has 3 heterocycles. The van der Waals surface area contributed by atoms with E-state index in [-0.39, 0.29) is 5.91 Å². The van der Waals surface area contributed by atoms with E-state index in [2.05, 4.69) is 60.2 Å². The second kappa shape index (κ2) is 7.99. The average molecular weight is 398 g/mol. The molecule has 0 aliphatic carbocycles. The van der Waals surface area contributed by atoms with Gasteiger partial charge >= 0.3 is 0 Å². The van der Waals surface area contributed by atoms with Gasteiger partial charge in [0.15, 0.2) is 5.16 Å². The number of aromatic amines is 1. The first-order valence-electron chi connectivity index (χ1n) is 9.92. The zero-order chi connectivity index (χ0) is 19.7. The van der Waals surface area contributed by atoms with Crippen molar-refractivity contribution >= 4 is 28.6 Å². The van der Waals surface area contributed by atoms with E-state index in [9.17, 15) is 4.79 Å². The van der Waals surface area contributed by atoms with Gasteiger partial charge in [-0.3, -0.25) is 4.79 Å². The Morgan fingerprint density at radius 3 is 2.79 bits per heavy atom. The fraction of sp³-hybridized carbons (Fsp3) is 0.476. The van der Waals surface area contributed by atoms with Crippen LogP contribution in [0.2, 0.25) is 0 Å². The maximum Gasteiger partial charge on any atom is 0.233 e. The van der Waals surface area contributed by atoms with Crippen molar-refractivity contribution < 1.29 is 4.79 Å². The number of H-pyrrole nitrogens is 1. The van der Waals surface area contributed by atoms with Crippen molar-refractivity contribution in [1.82, 2.24) is 24.6 Å². The second-order valence-electron chi connectivity index (χ2n) is 7.77. The molecule has 0 atom stereocenters. The molecule has 0 bridgehead atoms. The molecule has 4 rings (SSSR count). The normalized spacial score (nSPS) is 15.6. The molecule has 148 valence electrons. The molecular weight excluding hydrogens is 370 g/mol. The summed E-state index contributed by atoms with van der Waals surface area (Å²) >= 11 is 1.48. The van der Waals surface area contributed by atoms with Crippen LogP contribution in [0.25, 0.3) is 10.9 Å². The number of piperidine rings is 1. The lowest BCUT2D eigenvalue weighted by Gasteiger charge is -2.32. The van der Waals surface area contributed by atoms with E-state index < -0.39 is 0 Å². The summed E-state index contributed by atoms with van der Waals surface area (Å²) in [7, 11) is 0. The lowest BCUT2D eigenvalue weighted by molar-refractivity contribution is -0.129. The van der Waals surface area contributed by atoms with Crippen LogP contribution in [-0.2, 0) is 4.79 Å². The minimum atomic E-state index is 0.192. The molecule has 1 N–H and O–H groups in total. The summed E-state index contributed by atoms with van der Waals surface area (Å²) in [6.07, 6.45) is 3.76. The summed E-state index contributed by atoms with van der Waals surface area (Å²) in [6, 6.07) is 8.80. The van der Waals surface area contributed by atoms with Crippen LogP contribution < -0.4 is 0 Å². The minimum absolute atomic E-state index is 0.192. The number of thioether (sulfide) groups is 1. The summed E-state index contributed by atoms with van der Waals surface area (Å²) in [6.45, 7) is 7.98. The number of benzene rings is 1. The van der Waals surface area contributed by atoms with Crippen LogP contribution in [-0.4, -0.2) is 49.4 Å². The molecule has 1 aliphatic heterocycles. The van der Waals surface area contributed by atoms with Gasteiger partial charge in [-0.15, -0.1) is 10.2 Å². The van der Waals surface area contributed by atoms with Crippen molar-refractivity contribution in [3.8, 4) is 0 Å². The Morgan fingerprint density at radius 2 is 2.04 bits per heavy atom. The zero-order valence-corrected chi connectivity index (χ0v) is 17.5. The van der Waals surface area contributed by atoms with Crippen LogP contribution in [0.3, 0.4) is 0 Å². The Hall–Kier alpha value is -2.28. The van der Waals surface area contributed by atoms with Crippen molar-refractivity contribution in [2.75, 3.05) is 18.8 Å². The third-order valence-corrected chi connectivity index (χ3v) is 6.56. The molecule has 2 aromatic heterocycles. The Labute approximate surface area is 169 Å². The first kappa shape index (κ1) is 19.1. The van der Waals surface area contributed by atoms with Gasteiger partial charge in [0, 0.05) is 35.7 Å². The van der Waals surface area contributed by atoms with Crippen molar-refractivity contribution in [1.29, 1.82) is 0 Å². The number of para-hydroxylation sites is 1. The van der Waals surface area contributed by atoms with Crippen molar-refractivity contribution in [3.05, 3.63) is 41.9 Å². The van der Waals surface area contributed by atoms with Crippen LogP contribution >= 0.6 is 11.8 Å². The fourth-order valence-electron chi connectivity index (χ4n) is 4.15. The van der Waals surface area contributed by atoms with Crippen LogP contribution in [0.15, 0.2) is 35.7 Å². The van der Waals surface area contributed by atoms with E-state index >= 15 is 0 Å². The van der Waals surface area contributed by atoms with Gasteiger partial charge < -0.3 is 14.5 Å².